The summed E-state index contributed by atoms with van der Waals surface area (Å²) < 4.78 is 14.2. The van der Waals surface area contributed by atoms with Crippen LogP contribution < -0.4 is 9.47 Å². The molecule has 3 aromatic rings. The van der Waals surface area contributed by atoms with E-state index in [1.165, 1.54) is 18.4 Å². The van der Waals surface area contributed by atoms with Crippen molar-refractivity contribution in [1.82, 2.24) is 14.7 Å². The SMILES string of the molecule is O=C(O)C1CCN(CC2=Cc3ccc(OCc4ccc5c(c4)c(Cl)nn5CC4CC4)cc3OC2)CC1. The van der Waals surface area contributed by atoms with Gasteiger partial charge in [-0.2, -0.15) is 5.10 Å². The normalized spacial score (nSPS) is 18.5. The van der Waals surface area contributed by atoms with Crippen molar-refractivity contribution >= 4 is 34.5 Å². The van der Waals surface area contributed by atoms with Crippen LogP contribution in [0.25, 0.3) is 17.0 Å². The number of hydrogen-bond donors (Lipinski definition) is 1. The first kappa shape index (κ1) is 23.4. The molecular formula is C28H30ClN3O4. The summed E-state index contributed by atoms with van der Waals surface area (Å²) in [5.41, 5.74) is 4.37. The first-order valence-corrected chi connectivity index (χ1v) is 13.1. The lowest BCUT2D eigenvalue weighted by molar-refractivity contribution is -0.143. The molecule has 1 aromatic heterocycles. The molecule has 0 unspecified atom stereocenters. The molecule has 2 aromatic carbocycles. The molecule has 0 radical (unpaired) electrons. The molecule has 6 rings (SSSR count). The van der Waals surface area contributed by atoms with Crippen LogP contribution in [0.4, 0.5) is 0 Å². The van der Waals surface area contributed by atoms with Gasteiger partial charge in [0.05, 0.1) is 11.4 Å². The predicted molar refractivity (Wildman–Crippen MR) is 139 cm³/mol. The van der Waals surface area contributed by atoms with E-state index >= 15 is 0 Å². The topological polar surface area (TPSA) is 76.8 Å². The lowest BCUT2D eigenvalue weighted by Crippen LogP contribution is -2.38. The monoisotopic (exact) mass is 507 g/mol. The number of benzene rings is 2. The molecule has 1 saturated heterocycles. The van der Waals surface area contributed by atoms with Gasteiger partial charge >= 0.3 is 5.97 Å². The Hall–Kier alpha value is -3.03. The van der Waals surface area contributed by atoms with Crippen molar-refractivity contribution < 1.29 is 19.4 Å². The summed E-state index contributed by atoms with van der Waals surface area (Å²) in [6.07, 6.45) is 6.16. The number of aliphatic carboxylic acids is 1. The molecule has 3 aliphatic rings. The highest BCUT2D eigenvalue weighted by Crippen LogP contribution is 2.34. The van der Waals surface area contributed by atoms with Crippen LogP contribution in [0.5, 0.6) is 11.5 Å². The second-order valence-electron chi connectivity index (χ2n) is 10.2. The fourth-order valence-electron chi connectivity index (χ4n) is 5.13. The van der Waals surface area contributed by atoms with Crippen LogP contribution in [0.1, 0.15) is 36.8 Å². The lowest BCUT2D eigenvalue weighted by Gasteiger charge is -2.31. The number of carboxylic acids is 1. The van der Waals surface area contributed by atoms with Crippen LogP contribution in [0.15, 0.2) is 42.0 Å². The van der Waals surface area contributed by atoms with E-state index in [4.69, 9.17) is 21.1 Å². The predicted octanol–water partition coefficient (Wildman–Crippen LogP) is 5.25. The number of carboxylic acid groups (broad SMARTS) is 1. The highest BCUT2D eigenvalue weighted by molar-refractivity contribution is 6.34. The first-order chi connectivity index (χ1) is 17.5. The Labute approximate surface area is 215 Å². The molecule has 36 heavy (non-hydrogen) atoms. The van der Waals surface area contributed by atoms with Crippen molar-refractivity contribution in [3.05, 3.63) is 58.3 Å². The van der Waals surface area contributed by atoms with Crippen molar-refractivity contribution in [3.8, 4) is 11.5 Å². The molecule has 188 valence electrons. The third kappa shape index (κ3) is 5.08. The average Bonchev–Trinajstić information content (AvgIpc) is 3.65. The Morgan fingerprint density at radius 1 is 1.14 bits per heavy atom. The van der Waals surface area contributed by atoms with Gasteiger partial charge in [-0.1, -0.05) is 17.7 Å². The van der Waals surface area contributed by atoms with E-state index in [0.717, 1.165) is 65.6 Å². The Morgan fingerprint density at radius 2 is 1.97 bits per heavy atom. The average molecular weight is 508 g/mol. The first-order valence-electron chi connectivity index (χ1n) is 12.7. The van der Waals surface area contributed by atoms with Gasteiger partial charge in [-0.15, -0.1) is 0 Å². The van der Waals surface area contributed by atoms with Gasteiger partial charge < -0.3 is 14.6 Å². The second kappa shape index (κ2) is 9.79. The molecule has 0 spiro atoms. The number of ether oxygens (including phenoxy) is 2. The smallest absolute Gasteiger partial charge is 0.306 e. The highest BCUT2D eigenvalue weighted by atomic mass is 35.5. The number of likely N-dealkylation sites (tertiary alicyclic amines) is 1. The van der Waals surface area contributed by atoms with Crippen molar-refractivity contribution in [2.75, 3.05) is 26.2 Å². The third-order valence-corrected chi connectivity index (χ3v) is 7.70. The zero-order valence-electron chi connectivity index (χ0n) is 20.2. The number of halogens is 1. The lowest BCUT2D eigenvalue weighted by atomic mass is 9.96. The van der Waals surface area contributed by atoms with Crippen molar-refractivity contribution in [3.63, 3.8) is 0 Å². The Morgan fingerprint density at radius 3 is 2.75 bits per heavy atom. The van der Waals surface area contributed by atoms with Crippen LogP contribution in [-0.4, -0.2) is 52.0 Å². The van der Waals surface area contributed by atoms with Gasteiger partial charge in [-0.25, -0.2) is 0 Å². The fourth-order valence-corrected chi connectivity index (χ4v) is 5.37. The molecule has 2 fully saturated rings. The Bertz CT molecular complexity index is 1320. The number of nitrogens with zero attached hydrogens (tertiary/aromatic N) is 3. The molecule has 1 saturated carbocycles. The van der Waals surface area contributed by atoms with Crippen LogP contribution in [0.3, 0.4) is 0 Å². The minimum absolute atomic E-state index is 0.207. The molecule has 7 nitrogen and oxygen atoms in total. The van der Waals surface area contributed by atoms with Gasteiger partial charge in [0.1, 0.15) is 24.7 Å². The minimum atomic E-state index is -0.675. The maximum absolute atomic E-state index is 11.2. The zero-order valence-corrected chi connectivity index (χ0v) is 20.9. The summed E-state index contributed by atoms with van der Waals surface area (Å²) in [6.45, 7) is 4.35. The molecule has 0 atom stereocenters. The van der Waals surface area contributed by atoms with E-state index < -0.39 is 5.97 Å². The summed E-state index contributed by atoms with van der Waals surface area (Å²) in [4.78, 5) is 13.5. The zero-order chi connectivity index (χ0) is 24.6. The molecule has 1 N–H and O–H groups in total. The van der Waals surface area contributed by atoms with Crippen LogP contribution in [0, 0.1) is 11.8 Å². The van der Waals surface area contributed by atoms with Crippen LogP contribution in [0.2, 0.25) is 5.15 Å². The van der Waals surface area contributed by atoms with Gasteiger partial charge in [-0.3, -0.25) is 14.4 Å². The second-order valence-corrected chi connectivity index (χ2v) is 10.6. The number of hydrogen-bond acceptors (Lipinski definition) is 5. The molecule has 3 heterocycles. The molecule has 2 aliphatic heterocycles. The Balaban J connectivity index is 1.07. The van der Waals surface area contributed by atoms with E-state index in [0.29, 0.717) is 31.2 Å². The number of piperidine rings is 1. The van der Waals surface area contributed by atoms with E-state index in [1.807, 2.05) is 22.9 Å². The van der Waals surface area contributed by atoms with Crippen molar-refractivity contribution in [2.45, 2.75) is 38.8 Å². The summed E-state index contributed by atoms with van der Waals surface area (Å²) in [5, 5.41) is 15.2. The molecule has 0 amide bonds. The molecule has 1 aliphatic carbocycles. The summed E-state index contributed by atoms with van der Waals surface area (Å²) in [5.74, 6) is 1.44. The standard InChI is InChI=1S/C28H30ClN3O4/c29-27-24-12-19(3-6-25(24)32(30-27)15-18-1-2-18)16-35-23-5-4-22-11-20(17-36-26(22)13-23)14-31-9-7-21(8-10-31)28(33)34/h3-6,11-13,18,21H,1-2,7-10,14-17H2,(H,33,34). The largest absolute Gasteiger partial charge is 0.489 e. The van der Waals surface area contributed by atoms with Crippen LogP contribution >= 0.6 is 11.6 Å². The van der Waals surface area contributed by atoms with Gasteiger partial charge in [0, 0.05) is 30.1 Å². The molecule has 8 heteroatoms. The van der Waals surface area contributed by atoms with Crippen LogP contribution in [-0.2, 0) is 17.9 Å². The number of carbonyl (C=O) groups is 1. The molecule has 0 bridgehead atoms. The quantitative estimate of drug-likeness (QED) is 0.448. The van der Waals surface area contributed by atoms with Gasteiger partial charge in [-0.05, 0) is 86.2 Å². The van der Waals surface area contributed by atoms with Gasteiger partial charge in [0.25, 0.3) is 0 Å². The summed E-state index contributed by atoms with van der Waals surface area (Å²) in [7, 11) is 0. The van der Waals surface area contributed by atoms with E-state index in [9.17, 15) is 9.90 Å². The maximum Gasteiger partial charge on any atom is 0.306 e. The highest BCUT2D eigenvalue weighted by Gasteiger charge is 2.26. The van der Waals surface area contributed by atoms with Gasteiger partial charge in [0.2, 0.25) is 0 Å². The third-order valence-electron chi connectivity index (χ3n) is 7.42. The van der Waals surface area contributed by atoms with E-state index in [1.54, 1.807) is 0 Å². The van der Waals surface area contributed by atoms with E-state index in [2.05, 4.69) is 34.3 Å². The molecular weight excluding hydrogens is 478 g/mol. The van der Waals surface area contributed by atoms with Crippen molar-refractivity contribution in [2.24, 2.45) is 11.8 Å². The fraction of sp³-hybridized carbons (Fsp3) is 0.429. The summed E-state index contributed by atoms with van der Waals surface area (Å²) >= 11 is 6.42. The number of fused-ring (bicyclic) bond motifs is 2. The van der Waals surface area contributed by atoms with E-state index in [-0.39, 0.29) is 5.92 Å². The minimum Gasteiger partial charge on any atom is -0.489 e. The number of aromatic nitrogens is 2. The van der Waals surface area contributed by atoms with Gasteiger partial charge in [0.15, 0.2) is 5.15 Å². The number of rotatable bonds is 8. The summed E-state index contributed by atoms with van der Waals surface area (Å²) in [6, 6.07) is 12.2. The van der Waals surface area contributed by atoms with Crippen molar-refractivity contribution in [1.29, 1.82) is 0 Å². The Kier molecular flexibility index (Phi) is 6.36. The maximum atomic E-state index is 11.2.